The Morgan fingerprint density at radius 2 is 2.17 bits per heavy atom. The molecule has 116 valence electrons. The summed E-state index contributed by atoms with van der Waals surface area (Å²) in [7, 11) is 0. The number of aryl methyl sites for hydroxylation is 1. The minimum atomic E-state index is -0.904. The number of carboxylic acid groups (broad SMARTS) is 1. The molecule has 0 aliphatic heterocycles. The number of hydrogen-bond donors (Lipinski definition) is 1. The fraction of sp³-hybridized carbons (Fsp3) is 0.278. The molecule has 23 heavy (non-hydrogen) atoms. The summed E-state index contributed by atoms with van der Waals surface area (Å²) in [5.74, 6) is 0.671. The zero-order valence-corrected chi connectivity index (χ0v) is 12.9. The maximum absolute atomic E-state index is 11.2. The van der Waals surface area contributed by atoms with Gasteiger partial charge in [-0.05, 0) is 49.1 Å². The van der Waals surface area contributed by atoms with E-state index in [1.165, 1.54) is 0 Å². The van der Waals surface area contributed by atoms with Crippen molar-refractivity contribution in [2.75, 3.05) is 0 Å². The number of carboxylic acids is 1. The van der Waals surface area contributed by atoms with Gasteiger partial charge in [0.05, 0.1) is 12.1 Å². The standard InChI is InChI=1S/C18H17N3O2/c1-11-7-15-17(19-9-11)21(16(20-15)13-5-6-13)10-12-3-2-4-14(8-12)18(22)23/h2-4,7-9,13H,5-6,10H2,1H3,(H,22,23). The minimum absolute atomic E-state index is 0.309. The van der Waals surface area contributed by atoms with E-state index in [-0.39, 0.29) is 0 Å². The Hall–Kier alpha value is -2.69. The van der Waals surface area contributed by atoms with Crippen LogP contribution in [0.1, 0.15) is 46.1 Å². The van der Waals surface area contributed by atoms with E-state index in [0.717, 1.165) is 41.0 Å². The summed E-state index contributed by atoms with van der Waals surface area (Å²) in [5.41, 5.74) is 4.15. The van der Waals surface area contributed by atoms with E-state index >= 15 is 0 Å². The number of nitrogens with zero attached hydrogens (tertiary/aromatic N) is 3. The second-order valence-corrected chi connectivity index (χ2v) is 6.19. The van der Waals surface area contributed by atoms with E-state index in [4.69, 9.17) is 10.1 Å². The first-order chi connectivity index (χ1) is 11.1. The molecule has 0 unspecified atom stereocenters. The first-order valence-electron chi connectivity index (χ1n) is 7.77. The maximum Gasteiger partial charge on any atom is 0.335 e. The number of fused-ring (bicyclic) bond motifs is 1. The highest BCUT2D eigenvalue weighted by Crippen LogP contribution is 2.40. The van der Waals surface area contributed by atoms with Crippen molar-refractivity contribution in [2.45, 2.75) is 32.2 Å². The van der Waals surface area contributed by atoms with Crippen LogP contribution in [0, 0.1) is 6.92 Å². The van der Waals surface area contributed by atoms with Crippen molar-refractivity contribution in [1.29, 1.82) is 0 Å². The highest BCUT2D eigenvalue weighted by atomic mass is 16.4. The Bertz CT molecular complexity index is 910. The van der Waals surface area contributed by atoms with Crippen molar-refractivity contribution in [1.82, 2.24) is 14.5 Å². The maximum atomic E-state index is 11.2. The molecule has 2 heterocycles. The number of benzene rings is 1. The topological polar surface area (TPSA) is 68.0 Å². The van der Waals surface area contributed by atoms with E-state index < -0.39 is 5.97 Å². The summed E-state index contributed by atoms with van der Waals surface area (Å²) < 4.78 is 2.13. The molecule has 0 spiro atoms. The molecule has 0 bridgehead atoms. The van der Waals surface area contributed by atoms with E-state index in [2.05, 4.69) is 15.6 Å². The number of hydrogen-bond acceptors (Lipinski definition) is 3. The Balaban J connectivity index is 1.80. The van der Waals surface area contributed by atoms with Gasteiger partial charge in [0.2, 0.25) is 0 Å². The van der Waals surface area contributed by atoms with Gasteiger partial charge in [0.1, 0.15) is 11.3 Å². The fourth-order valence-electron chi connectivity index (χ4n) is 2.92. The van der Waals surface area contributed by atoms with Crippen molar-refractivity contribution >= 4 is 17.1 Å². The normalized spacial score (nSPS) is 14.3. The Morgan fingerprint density at radius 1 is 1.35 bits per heavy atom. The van der Waals surface area contributed by atoms with Crippen LogP contribution in [-0.2, 0) is 6.54 Å². The smallest absolute Gasteiger partial charge is 0.335 e. The van der Waals surface area contributed by atoms with Crippen LogP contribution < -0.4 is 0 Å². The molecule has 0 saturated heterocycles. The first-order valence-corrected chi connectivity index (χ1v) is 7.77. The predicted octanol–water partition coefficient (Wildman–Crippen LogP) is 3.36. The van der Waals surface area contributed by atoms with Gasteiger partial charge in [-0.2, -0.15) is 0 Å². The third-order valence-corrected chi connectivity index (χ3v) is 4.21. The number of aromatic nitrogens is 3. The van der Waals surface area contributed by atoms with Gasteiger partial charge < -0.3 is 9.67 Å². The second-order valence-electron chi connectivity index (χ2n) is 6.19. The van der Waals surface area contributed by atoms with Crippen molar-refractivity contribution in [3.63, 3.8) is 0 Å². The molecular weight excluding hydrogens is 290 g/mol. The van der Waals surface area contributed by atoms with Crippen molar-refractivity contribution in [3.8, 4) is 0 Å². The number of imidazole rings is 1. The zero-order valence-electron chi connectivity index (χ0n) is 12.9. The third-order valence-electron chi connectivity index (χ3n) is 4.21. The lowest BCUT2D eigenvalue weighted by molar-refractivity contribution is 0.0696. The number of pyridine rings is 1. The van der Waals surface area contributed by atoms with E-state index in [1.807, 2.05) is 19.2 Å². The van der Waals surface area contributed by atoms with E-state index in [0.29, 0.717) is 18.0 Å². The van der Waals surface area contributed by atoms with Crippen LogP contribution in [0.25, 0.3) is 11.2 Å². The lowest BCUT2D eigenvalue weighted by Gasteiger charge is -2.09. The summed E-state index contributed by atoms with van der Waals surface area (Å²) in [4.78, 5) is 20.5. The molecule has 2 aromatic heterocycles. The average Bonchev–Trinajstić information content (AvgIpc) is 3.31. The number of aromatic carboxylic acids is 1. The molecular formula is C18H17N3O2. The average molecular weight is 307 g/mol. The molecule has 1 fully saturated rings. The van der Waals surface area contributed by atoms with Crippen LogP contribution in [0.3, 0.4) is 0 Å². The Morgan fingerprint density at radius 3 is 2.91 bits per heavy atom. The number of rotatable bonds is 4. The van der Waals surface area contributed by atoms with Crippen molar-refractivity contribution in [2.24, 2.45) is 0 Å². The quantitative estimate of drug-likeness (QED) is 0.802. The molecule has 3 aromatic rings. The van der Waals surface area contributed by atoms with Crippen LogP contribution in [0.2, 0.25) is 0 Å². The lowest BCUT2D eigenvalue weighted by Crippen LogP contribution is -2.06. The SMILES string of the molecule is Cc1cnc2c(c1)nc(C1CC1)n2Cc1cccc(C(=O)O)c1. The van der Waals surface area contributed by atoms with Crippen LogP contribution in [0.5, 0.6) is 0 Å². The van der Waals surface area contributed by atoms with Gasteiger partial charge in [-0.3, -0.25) is 0 Å². The molecule has 1 saturated carbocycles. The van der Waals surface area contributed by atoms with Gasteiger partial charge in [0.15, 0.2) is 5.65 Å². The molecule has 5 heteroatoms. The highest BCUT2D eigenvalue weighted by molar-refractivity contribution is 5.87. The molecule has 1 aromatic carbocycles. The van der Waals surface area contributed by atoms with Gasteiger partial charge in [0, 0.05) is 12.1 Å². The molecule has 0 amide bonds. The molecule has 4 rings (SSSR count). The molecule has 0 atom stereocenters. The first kappa shape index (κ1) is 13.9. The summed E-state index contributed by atoms with van der Waals surface area (Å²) in [6.07, 6.45) is 4.18. The summed E-state index contributed by atoms with van der Waals surface area (Å²) >= 11 is 0. The van der Waals surface area contributed by atoms with Crippen LogP contribution in [0.15, 0.2) is 36.5 Å². The van der Waals surface area contributed by atoms with Crippen molar-refractivity contribution in [3.05, 3.63) is 59.0 Å². The lowest BCUT2D eigenvalue weighted by atomic mass is 10.1. The fourth-order valence-corrected chi connectivity index (χ4v) is 2.92. The second kappa shape index (κ2) is 5.19. The monoisotopic (exact) mass is 307 g/mol. The minimum Gasteiger partial charge on any atom is -0.478 e. The molecule has 0 radical (unpaired) electrons. The van der Waals surface area contributed by atoms with Gasteiger partial charge in [-0.25, -0.2) is 14.8 Å². The summed E-state index contributed by atoms with van der Waals surface area (Å²) in [6.45, 7) is 2.61. The van der Waals surface area contributed by atoms with E-state index in [1.54, 1.807) is 18.2 Å². The Kier molecular flexibility index (Phi) is 3.15. The van der Waals surface area contributed by atoms with E-state index in [9.17, 15) is 4.79 Å². The highest BCUT2D eigenvalue weighted by Gasteiger charge is 2.30. The van der Waals surface area contributed by atoms with Crippen LogP contribution >= 0.6 is 0 Å². The van der Waals surface area contributed by atoms with Gasteiger partial charge in [0.25, 0.3) is 0 Å². The predicted molar refractivity (Wildman–Crippen MR) is 86.7 cm³/mol. The Labute approximate surface area is 133 Å². The van der Waals surface area contributed by atoms with Gasteiger partial charge in [-0.1, -0.05) is 12.1 Å². The third kappa shape index (κ3) is 2.59. The molecule has 1 aliphatic carbocycles. The molecule has 5 nitrogen and oxygen atoms in total. The van der Waals surface area contributed by atoms with Gasteiger partial charge >= 0.3 is 5.97 Å². The molecule has 1 aliphatic rings. The summed E-state index contributed by atoms with van der Waals surface area (Å²) in [5, 5.41) is 9.16. The molecule has 1 N–H and O–H groups in total. The zero-order chi connectivity index (χ0) is 16.0. The largest absolute Gasteiger partial charge is 0.478 e. The van der Waals surface area contributed by atoms with Crippen LogP contribution in [-0.4, -0.2) is 25.6 Å². The van der Waals surface area contributed by atoms with Crippen LogP contribution in [0.4, 0.5) is 0 Å². The summed E-state index contributed by atoms with van der Waals surface area (Å²) in [6, 6.07) is 9.12. The van der Waals surface area contributed by atoms with Gasteiger partial charge in [-0.15, -0.1) is 0 Å². The van der Waals surface area contributed by atoms with Crippen molar-refractivity contribution < 1.29 is 9.90 Å². The number of carbonyl (C=O) groups is 1.